The largest absolute Gasteiger partial charge is 0.480 e. The lowest BCUT2D eigenvalue weighted by atomic mass is 10.1. The minimum Gasteiger partial charge on any atom is -0.480 e. The first kappa shape index (κ1) is 13.8. The van der Waals surface area contributed by atoms with Gasteiger partial charge in [0.05, 0.1) is 0 Å². The van der Waals surface area contributed by atoms with Gasteiger partial charge in [-0.1, -0.05) is 0 Å². The lowest BCUT2D eigenvalue weighted by Crippen LogP contribution is -2.46. The Morgan fingerprint density at radius 1 is 1.27 bits per heavy atom. The molecule has 0 aromatic rings. The summed E-state index contributed by atoms with van der Waals surface area (Å²) in [6, 6.07) is -1.89. The normalized spacial score (nSPS) is 14.5. The van der Waals surface area contributed by atoms with Crippen LogP contribution in [0.5, 0.6) is 0 Å². The van der Waals surface area contributed by atoms with E-state index in [4.69, 9.17) is 21.7 Å². The predicted octanol–water partition coefficient (Wildman–Crippen LogP) is -1.82. The SMILES string of the molecule is NCCC[C@@H](NCC(N)C(=O)O)C(=O)O. The summed E-state index contributed by atoms with van der Waals surface area (Å²) in [7, 11) is 0. The van der Waals surface area contributed by atoms with Crippen molar-refractivity contribution in [3.8, 4) is 0 Å². The molecule has 0 fully saturated rings. The van der Waals surface area contributed by atoms with Crippen LogP contribution < -0.4 is 16.8 Å². The Hall–Kier alpha value is -1.18. The average Bonchev–Trinajstić information content (AvgIpc) is 2.16. The predicted molar refractivity (Wildman–Crippen MR) is 53.3 cm³/mol. The molecule has 0 amide bonds. The first-order valence-electron chi connectivity index (χ1n) is 4.63. The molecule has 15 heavy (non-hydrogen) atoms. The zero-order valence-electron chi connectivity index (χ0n) is 8.35. The molecule has 7 N–H and O–H groups in total. The van der Waals surface area contributed by atoms with Crippen LogP contribution in [0.2, 0.25) is 0 Å². The van der Waals surface area contributed by atoms with Gasteiger partial charge in [-0.3, -0.25) is 9.59 Å². The number of carbonyl (C=O) groups is 2. The molecule has 0 saturated carbocycles. The zero-order chi connectivity index (χ0) is 11.8. The van der Waals surface area contributed by atoms with Gasteiger partial charge in [-0.2, -0.15) is 0 Å². The van der Waals surface area contributed by atoms with Crippen molar-refractivity contribution in [3.63, 3.8) is 0 Å². The number of nitrogens with two attached hydrogens (primary N) is 2. The fourth-order valence-corrected chi connectivity index (χ4v) is 0.991. The summed E-state index contributed by atoms with van der Waals surface area (Å²) < 4.78 is 0. The molecule has 0 rings (SSSR count). The minimum atomic E-state index is -1.16. The van der Waals surface area contributed by atoms with Gasteiger partial charge in [0.1, 0.15) is 12.1 Å². The Bertz CT molecular complexity index is 222. The van der Waals surface area contributed by atoms with Crippen molar-refractivity contribution < 1.29 is 19.8 Å². The van der Waals surface area contributed by atoms with Crippen LogP contribution in [-0.4, -0.2) is 47.3 Å². The van der Waals surface area contributed by atoms with Crippen molar-refractivity contribution in [2.75, 3.05) is 13.1 Å². The topological polar surface area (TPSA) is 139 Å². The Labute approximate surface area is 87.4 Å². The summed E-state index contributed by atoms with van der Waals surface area (Å²) in [5, 5.41) is 19.8. The van der Waals surface area contributed by atoms with Crippen LogP contribution in [0.1, 0.15) is 12.8 Å². The van der Waals surface area contributed by atoms with E-state index in [2.05, 4.69) is 5.32 Å². The molecule has 0 saturated heterocycles. The molecule has 1 unspecified atom stereocenters. The number of hydrogen-bond acceptors (Lipinski definition) is 5. The van der Waals surface area contributed by atoms with Gasteiger partial charge in [0.2, 0.25) is 0 Å². The van der Waals surface area contributed by atoms with Crippen molar-refractivity contribution in [1.29, 1.82) is 0 Å². The zero-order valence-corrected chi connectivity index (χ0v) is 8.35. The van der Waals surface area contributed by atoms with Crippen molar-refractivity contribution in [2.45, 2.75) is 24.9 Å². The molecule has 0 aliphatic carbocycles. The van der Waals surface area contributed by atoms with Crippen LogP contribution in [0, 0.1) is 0 Å². The number of carboxylic acid groups (broad SMARTS) is 2. The minimum absolute atomic E-state index is 0.0725. The molecule has 7 nitrogen and oxygen atoms in total. The lowest BCUT2D eigenvalue weighted by Gasteiger charge is -2.15. The van der Waals surface area contributed by atoms with Crippen LogP contribution in [0.15, 0.2) is 0 Å². The van der Waals surface area contributed by atoms with Crippen LogP contribution in [0.4, 0.5) is 0 Å². The second-order valence-electron chi connectivity index (χ2n) is 3.17. The molecule has 2 atom stereocenters. The highest BCUT2D eigenvalue weighted by molar-refractivity contribution is 5.75. The number of carboxylic acids is 2. The van der Waals surface area contributed by atoms with E-state index in [1.807, 2.05) is 0 Å². The van der Waals surface area contributed by atoms with E-state index >= 15 is 0 Å². The Morgan fingerprint density at radius 2 is 1.87 bits per heavy atom. The molecule has 0 bridgehead atoms. The monoisotopic (exact) mass is 219 g/mol. The van der Waals surface area contributed by atoms with Gasteiger partial charge in [0, 0.05) is 6.54 Å². The van der Waals surface area contributed by atoms with Gasteiger partial charge in [0.25, 0.3) is 0 Å². The molecule has 88 valence electrons. The first-order valence-corrected chi connectivity index (χ1v) is 4.63. The number of nitrogens with one attached hydrogen (secondary N) is 1. The van der Waals surface area contributed by atoms with E-state index in [0.29, 0.717) is 19.4 Å². The van der Waals surface area contributed by atoms with Gasteiger partial charge >= 0.3 is 11.9 Å². The second-order valence-corrected chi connectivity index (χ2v) is 3.17. The molecule has 0 spiro atoms. The molecule has 7 heteroatoms. The highest BCUT2D eigenvalue weighted by Gasteiger charge is 2.19. The van der Waals surface area contributed by atoms with E-state index in [1.54, 1.807) is 0 Å². The maximum atomic E-state index is 10.7. The fraction of sp³-hybridized carbons (Fsp3) is 0.750. The van der Waals surface area contributed by atoms with E-state index in [0.717, 1.165) is 0 Å². The molecule has 0 aromatic carbocycles. The van der Waals surface area contributed by atoms with E-state index in [1.165, 1.54) is 0 Å². The van der Waals surface area contributed by atoms with Crippen LogP contribution in [0.25, 0.3) is 0 Å². The number of hydrogen-bond donors (Lipinski definition) is 5. The van der Waals surface area contributed by atoms with Gasteiger partial charge in [-0.05, 0) is 19.4 Å². The van der Waals surface area contributed by atoms with E-state index in [-0.39, 0.29) is 6.54 Å². The van der Waals surface area contributed by atoms with E-state index in [9.17, 15) is 9.59 Å². The summed E-state index contributed by atoms with van der Waals surface area (Å²) in [5.74, 6) is -2.19. The summed E-state index contributed by atoms with van der Waals surface area (Å²) >= 11 is 0. The lowest BCUT2D eigenvalue weighted by molar-refractivity contribution is -0.141. The highest BCUT2D eigenvalue weighted by Crippen LogP contribution is 1.96. The van der Waals surface area contributed by atoms with Crippen molar-refractivity contribution >= 4 is 11.9 Å². The maximum Gasteiger partial charge on any atom is 0.321 e. The molecule has 0 heterocycles. The van der Waals surface area contributed by atoms with Crippen molar-refractivity contribution in [3.05, 3.63) is 0 Å². The Balaban J connectivity index is 3.95. The average molecular weight is 219 g/mol. The Kier molecular flexibility index (Phi) is 6.59. The van der Waals surface area contributed by atoms with Crippen molar-refractivity contribution in [2.24, 2.45) is 11.5 Å². The second kappa shape index (κ2) is 7.16. The summed E-state index contributed by atoms with van der Waals surface area (Å²) in [4.78, 5) is 21.1. The summed E-state index contributed by atoms with van der Waals surface area (Å²) in [5.41, 5.74) is 10.5. The third-order valence-electron chi connectivity index (χ3n) is 1.90. The highest BCUT2D eigenvalue weighted by atomic mass is 16.4. The first-order chi connectivity index (χ1) is 6.99. The third kappa shape index (κ3) is 6.00. The molecular formula is C8H17N3O4. The fourth-order valence-electron chi connectivity index (χ4n) is 0.991. The summed E-state index contributed by atoms with van der Waals surface area (Å²) in [6.45, 7) is 0.327. The quantitative estimate of drug-likeness (QED) is 0.324. The van der Waals surface area contributed by atoms with Gasteiger partial charge in [0.15, 0.2) is 0 Å². The van der Waals surface area contributed by atoms with Gasteiger partial charge in [-0.25, -0.2) is 0 Å². The summed E-state index contributed by atoms with van der Waals surface area (Å²) in [6.07, 6.45) is 0.921. The van der Waals surface area contributed by atoms with E-state index < -0.39 is 24.0 Å². The maximum absolute atomic E-state index is 10.7. The number of aliphatic carboxylic acids is 2. The molecule has 0 aromatic heterocycles. The van der Waals surface area contributed by atoms with Crippen LogP contribution >= 0.6 is 0 Å². The van der Waals surface area contributed by atoms with Gasteiger partial charge < -0.3 is 27.0 Å². The smallest absolute Gasteiger partial charge is 0.321 e. The van der Waals surface area contributed by atoms with Crippen molar-refractivity contribution in [1.82, 2.24) is 5.32 Å². The third-order valence-corrected chi connectivity index (χ3v) is 1.90. The van der Waals surface area contributed by atoms with Gasteiger partial charge in [-0.15, -0.1) is 0 Å². The molecule has 0 aliphatic rings. The molecule has 0 radical (unpaired) electrons. The molecule has 0 aliphatic heterocycles. The molecular weight excluding hydrogens is 202 g/mol. The van der Waals surface area contributed by atoms with Crippen LogP contribution in [0.3, 0.4) is 0 Å². The Morgan fingerprint density at radius 3 is 2.27 bits per heavy atom. The number of rotatable bonds is 8. The van der Waals surface area contributed by atoms with Crippen LogP contribution in [-0.2, 0) is 9.59 Å². The standard InChI is InChI=1S/C8H17N3O4/c9-3-1-2-6(8(14)15)11-4-5(10)7(12)13/h5-6,11H,1-4,9-10H2,(H,12,13)(H,14,15)/t5?,6-/m1/s1.